The van der Waals surface area contributed by atoms with E-state index < -0.39 is 6.09 Å². The third kappa shape index (κ3) is 7.97. The van der Waals surface area contributed by atoms with Crippen molar-refractivity contribution in [3.05, 3.63) is 24.4 Å². The van der Waals surface area contributed by atoms with Crippen LogP contribution < -0.4 is 10.8 Å². The van der Waals surface area contributed by atoms with Gasteiger partial charge in [-0.1, -0.05) is 6.07 Å². The van der Waals surface area contributed by atoms with Gasteiger partial charge in [-0.2, -0.15) is 0 Å². The van der Waals surface area contributed by atoms with Crippen molar-refractivity contribution in [1.29, 1.82) is 0 Å². The van der Waals surface area contributed by atoms with Crippen molar-refractivity contribution in [2.24, 2.45) is 5.73 Å². The highest BCUT2D eigenvalue weighted by molar-refractivity contribution is 8.74. The van der Waals surface area contributed by atoms with E-state index in [0.717, 1.165) is 28.5 Å². The van der Waals surface area contributed by atoms with Gasteiger partial charge in [-0.15, -0.1) is 0 Å². The fourth-order valence-corrected chi connectivity index (χ4v) is 4.08. The minimum absolute atomic E-state index is 1.08. The van der Waals surface area contributed by atoms with E-state index in [4.69, 9.17) is 9.90 Å². The number of rotatable bonds is 6. The van der Waals surface area contributed by atoms with E-state index in [9.17, 15) is 0 Å². The summed E-state index contributed by atoms with van der Waals surface area (Å²) < 4.78 is 1.08. The topological polar surface area (TPSA) is 79.0 Å². The summed E-state index contributed by atoms with van der Waals surface area (Å²) in [6.45, 7) is 10.2. The molecule has 0 unspecified atom stereocenters. The van der Waals surface area contributed by atoms with Crippen LogP contribution in [0.15, 0.2) is 29.4 Å². The quantitative estimate of drug-likeness (QED) is 0.493. The molecule has 7 heteroatoms. The first-order valence-corrected chi connectivity index (χ1v) is 8.20. The Hall–Kier alpha value is -0.920. The Morgan fingerprint density at radius 2 is 1.84 bits per heavy atom. The zero-order valence-corrected chi connectivity index (χ0v) is 13.2. The molecule has 1 amide bonds. The van der Waals surface area contributed by atoms with Crippen molar-refractivity contribution in [3.8, 4) is 0 Å². The molecule has 1 aromatic rings. The van der Waals surface area contributed by atoms with Crippen LogP contribution in [0, 0.1) is 0 Å². The van der Waals surface area contributed by atoms with Crippen LogP contribution in [0.25, 0.3) is 0 Å². The summed E-state index contributed by atoms with van der Waals surface area (Å²) in [4.78, 5) is 13.0. The number of carbonyl (C=O) groups excluding carboxylic acids is 1. The number of pyridine rings is 1. The molecule has 0 aliphatic carbocycles. The van der Waals surface area contributed by atoms with Gasteiger partial charge in [0.15, 0.2) is 11.0 Å². The van der Waals surface area contributed by atoms with E-state index in [1.807, 2.05) is 29.3 Å². The zero-order chi connectivity index (χ0) is 14.7. The van der Waals surface area contributed by atoms with E-state index in [1.165, 1.54) is 0 Å². The number of carbonyl (C=O) groups is 1. The molecule has 0 aromatic carbocycles. The molecule has 1 aromatic heterocycles. The number of carboxylic acid groups (broad SMARTS) is 1. The van der Waals surface area contributed by atoms with Gasteiger partial charge in [0.2, 0.25) is 0 Å². The van der Waals surface area contributed by atoms with Gasteiger partial charge in [-0.25, -0.2) is 4.98 Å². The number of amides is 1. The maximum absolute atomic E-state index is 8.67. The number of quaternary nitrogens is 1. The van der Waals surface area contributed by atoms with Crippen molar-refractivity contribution in [3.63, 3.8) is 0 Å². The predicted octanol–water partition coefficient (Wildman–Crippen LogP) is 1.90. The smallest absolute Gasteiger partial charge is 0.153 e. The highest BCUT2D eigenvalue weighted by atomic mass is 33.1. The van der Waals surface area contributed by atoms with Gasteiger partial charge in [-0.05, 0) is 32.9 Å². The van der Waals surface area contributed by atoms with Crippen LogP contribution in [0.2, 0.25) is 0 Å². The number of hydrogen-bond acceptors (Lipinski definition) is 5. The maximum atomic E-state index is 8.67. The fourth-order valence-electron chi connectivity index (χ4n) is 1.34. The Morgan fingerprint density at radius 1 is 1.32 bits per heavy atom. The average Bonchev–Trinajstić information content (AvgIpc) is 2.42. The lowest BCUT2D eigenvalue weighted by Crippen LogP contribution is -2.39. The molecular weight excluding hydrogens is 282 g/mol. The molecule has 0 saturated heterocycles. The molecule has 0 saturated carbocycles. The molecule has 0 bridgehead atoms. The Morgan fingerprint density at radius 3 is 2.21 bits per heavy atom. The largest absolute Gasteiger partial charge is 0.530 e. The summed E-state index contributed by atoms with van der Waals surface area (Å²) in [7, 11) is 3.69. The first-order valence-electron chi connectivity index (χ1n) is 6.09. The lowest BCUT2D eigenvalue weighted by molar-refractivity contribution is -0.787. The van der Waals surface area contributed by atoms with Gasteiger partial charge in [0.25, 0.3) is 0 Å². The number of aromatic nitrogens is 1. The Balaban J connectivity index is 0.000000711. The third-order valence-electron chi connectivity index (χ3n) is 2.65. The molecule has 5 nitrogen and oxygen atoms in total. The first kappa shape index (κ1) is 18.1. The predicted molar refractivity (Wildman–Crippen MR) is 79.2 cm³/mol. The van der Waals surface area contributed by atoms with Crippen molar-refractivity contribution in [1.82, 2.24) is 4.98 Å². The molecule has 0 fully saturated rings. The monoisotopic (exact) mass is 303 g/mol. The van der Waals surface area contributed by atoms with Gasteiger partial charge in [-0.3, -0.25) is 3.89 Å². The van der Waals surface area contributed by atoms with Gasteiger partial charge in [0.05, 0.1) is 19.6 Å². The fraction of sp³-hybridized carbons (Fsp3) is 0.500. The molecule has 0 aliphatic rings. The number of nitrogens with two attached hydrogens (primary N) is 1. The molecule has 2 N–H and O–H groups in total. The molecule has 0 atom stereocenters. The Labute approximate surface area is 122 Å². The maximum Gasteiger partial charge on any atom is 0.153 e. The summed E-state index contributed by atoms with van der Waals surface area (Å²) >= 11 is 0. The summed E-state index contributed by atoms with van der Waals surface area (Å²) in [6, 6.07) is 6.05. The molecule has 1 heterocycles. The molecule has 1 rings (SSSR count). The van der Waals surface area contributed by atoms with Crippen LogP contribution in [0.3, 0.4) is 0 Å². The number of primary amides is 1. The van der Waals surface area contributed by atoms with E-state index in [-0.39, 0.29) is 0 Å². The van der Waals surface area contributed by atoms with Crippen LogP contribution in [0.1, 0.15) is 20.8 Å². The van der Waals surface area contributed by atoms with Crippen LogP contribution in [-0.2, 0) is 0 Å². The minimum Gasteiger partial charge on any atom is -0.530 e. The van der Waals surface area contributed by atoms with Crippen LogP contribution in [0.4, 0.5) is 4.79 Å². The van der Waals surface area contributed by atoms with Gasteiger partial charge < -0.3 is 15.6 Å². The van der Waals surface area contributed by atoms with Crippen molar-refractivity contribution < 1.29 is 13.8 Å². The van der Waals surface area contributed by atoms with E-state index in [2.05, 4.69) is 37.6 Å². The minimum atomic E-state index is -1.58. The number of hydrogen-bond donors (Lipinski definition) is 1. The molecule has 108 valence electrons. The highest BCUT2D eigenvalue weighted by Gasteiger charge is 2.23. The van der Waals surface area contributed by atoms with Crippen molar-refractivity contribution in [2.45, 2.75) is 25.8 Å². The second-order valence-electron chi connectivity index (χ2n) is 3.65. The zero-order valence-electron chi connectivity index (χ0n) is 11.5. The van der Waals surface area contributed by atoms with Crippen LogP contribution >= 0.6 is 21.8 Å². The Kier molecular flexibility index (Phi) is 9.46. The molecule has 0 radical (unpaired) electrons. The standard InChI is InChI=1S/C11H19N2S2.CH3NO2/c1-4-13(5-2,6-3)15-14-11-9-7-8-10-12-11;2-1(3)4/h7-10H,4-6H2,1-3H3;2H2,(H,3,4)/q+1;/p-1. The normalized spacial score (nSPS) is 10.5. The highest BCUT2D eigenvalue weighted by Crippen LogP contribution is 2.37. The van der Waals surface area contributed by atoms with Gasteiger partial charge >= 0.3 is 0 Å². The lowest BCUT2D eigenvalue weighted by atomic mass is 10.5. The summed E-state index contributed by atoms with van der Waals surface area (Å²) in [5, 5.41) is 9.76. The van der Waals surface area contributed by atoms with Crippen LogP contribution in [0.5, 0.6) is 0 Å². The molecule has 0 aliphatic heterocycles. The van der Waals surface area contributed by atoms with Gasteiger partial charge in [0, 0.05) is 17.0 Å². The second-order valence-corrected chi connectivity index (χ2v) is 6.11. The second kappa shape index (κ2) is 9.94. The van der Waals surface area contributed by atoms with Crippen LogP contribution in [-0.4, -0.2) is 34.6 Å². The van der Waals surface area contributed by atoms with Crippen molar-refractivity contribution >= 4 is 27.9 Å². The van der Waals surface area contributed by atoms with E-state index in [1.54, 1.807) is 10.8 Å². The summed E-state index contributed by atoms with van der Waals surface area (Å²) in [5.41, 5.74) is 3.92. The SMILES string of the molecule is CC[N+](CC)(CC)SSc1ccccn1.NC(=O)[O-]. The van der Waals surface area contributed by atoms with Gasteiger partial charge in [0.1, 0.15) is 11.1 Å². The van der Waals surface area contributed by atoms with E-state index >= 15 is 0 Å². The van der Waals surface area contributed by atoms with E-state index in [0.29, 0.717) is 0 Å². The molecule has 19 heavy (non-hydrogen) atoms. The third-order valence-corrected chi connectivity index (χ3v) is 5.91. The van der Waals surface area contributed by atoms with Crippen molar-refractivity contribution in [2.75, 3.05) is 19.6 Å². The molecular formula is C12H21N3O2S2. The number of nitrogens with zero attached hydrogens (tertiary/aromatic N) is 2. The Bertz CT molecular complexity index is 347. The lowest BCUT2D eigenvalue weighted by Gasteiger charge is -2.31. The molecule has 0 spiro atoms. The summed E-state index contributed by atoms with van der Waals surface area (Å²) in [6.07, 6.45) is 0.265. The average molecular weight is 303 g/mol. The first-order chi connectivity index (χ1) is 8.99. The summed E-state index contributed by atoms with van der Waals surface area (Å²) in [5.74, 6) is 0.